The van der Waals surface area contributed by atoms with Gasteiger partial charge in [-0.3, -0.25) is 0 Å². The van der Waals surface area contributed by atoms with Gasteiger partial charge >= 0.3 is 0 Å². The molecule has 0 atom stereocenters. The molecule has 0 heterocycles. The summed E-state index contributed by atoms with van der Waals surface area (Å²) in [4.78, 5) is 0. The van der Waals surface area contributed by atoms with E-state index in [0.29, 0.717) is 6.61 Å². The van der Waals surface area contributed by atoms with Crippen molar-refractivity contribution in [2.24, 2.45) is 0 Å². The molecule has 0 bridgehead atoms. The number of hydrogen-bond acceptors (Lipinski definition) is 3. The molecule has 0 aliphatic carbocycles. The Balaban J connectivity index is 1.86. The van der Waals surface area contributed by atoms with Gasteiger partial charge in [-0.25, -0.2) is 0 Å². The standard InChI is InChI=1S/C21H38O3Si/c1-21(2,3)25(4,5)24-18-17-22-15-11-6-7-12-16-23-19-20-13-9-8-10-14-20/h8-10,13-14H,6-7,11-12,15-19H2,1-5H3. The van der Waals surface area contributed by atoms with Gasteiger partial charge in [0.25, 0.3) is 0 Å². The molecule has 0 aliphatic rings. The van der Waals surface area contributed by atoms with Gasteiger partial charge in [0.1, 0.15) is 0 Å². The first-order valence-corrected chi connectivity index (χ1v) is 12.6. The zero-order valence-electron chi connectivity index (χ0n) is 17.0. The van der Waals surface area contributed by atoms with Gasteiger partial charge in [0.2, 0.25) is 0 Å². The summed E-state index contributed by atoms with van der Waals surface area (Å²) in [6.45, 7) is 15.2. The summed E-state index contributed by atoms with van der Waals surface area (Å²) in [6.07, 6.45) is 4.66. The Kier molecular flexibility index (Phi) is 10.6. The number of ether oxygens (including phenoxy) is 2. The molecule has 4 heteroatoms. The van der Waals surface area contributed by atoms with Crippen molar-refractivity contribution in [1.82, 2.24) is 0 Å². The molecule has 0 saturated carbocycles. The van der Waals surface area contributed by atoms with Crippen molar-refractivity contribution < 1.29 is 13.9 Å². The molecule has 3 nitrogen and oxygen atoms in total. The van der Waals surface area contributed by atoms with Gasteiger partial charge in [0, 0.05) is 13.2 Å². The largest absolute Gasteiger partial charge is 0.414 e. The smallest absolute Gasteiger partial charge is 0.192 e. The predicted molar refractivity (Wildman–Crippen MR) is 109 cm³/mol. The van der Waals surface area contributed by atoms with Crippen LogP contribution < -0.4 is 0 Å². The maximum Gasteiger partial charge on any atom is 0.192 e. The normalized spacial score (nSPS) is 12.5. The van der Waals surface area contributed by atoms with E-state index >= 15 is 0 Å². The van der Waals surface area contributed by atoms with E-state index in [1.165, 1.54) is 18.4 Å². The second-order valence-corrected chi connectivity index (χ2v) is 13.0. The van der Waals surface area contributed by atoms with Crippen LogP contribution >= 0.6 is 0 Å². The highest BCUT2D eigenvalue weighted by atomic mass is 28.4. The van der Waals surface area contributed by atoms with E-state index in [0.717, 1.165) is 39.3 Å². The summed E-state index contributed by atoms with van der Waals surface area (Å²) in [5, 5.41) is 0.273. The van der Waals surface area contributed by atoms with Gasteiger partial charge < -0.3 is 13.9 Å². The highest BCUT2D eigenvalue weighted by Gasteiger charge is 2.36. The molecule has 144 valence electrons. The molecule has 0 spiro atoms. The van der Waals surface area contributed by atoms with E-state index in [9.17, 15) is 0 Å². The Bertz CT molecular complexity index is 440. The van der Waals surface area contributed by atoms with E-state index in [-0.39, 0.29) is 5.04 Å². The maximum absolute atomic E-state index is 6.10. The van der Waals surface area contributed by atoms with Gasteiger partial charge in [-0.1, -0.05) is 63.9 Å². The summed E-state index contributed by atoms with van der Waals surface area (Å²) >= 11 is 0. The Morgan fingerprint density at radius 3 is 1.96 bits per heavy atom. The van der Waals surface area contributed by atoms with Crippen LogP contribution in [0.3, 0.4) is 0 Å². The monoisotopic (exact) mass is 366 g/mol. The summed E-state index contributed by atoms with van der Waals surface area (Å²) in [6, 6.07) is 10.3. The van der Waals surface area contributed by atoms with Crippen molar-refractivity contribution in [2.75, 3.05) is 26.4 Å². The lowest BCUT2D eigenvalue weighted by Crippen LogP contribution is -2.41. The first-order chi connectivity index (χ1) is 11.8. The molecule has 0 radical (unpaired) electrons. The van der Waals surface area contributed by atoms with Crippen LogP contribution in [0.15, 0.2) is 30.3 Å². The fourth-order valence-electron chi connectivity index (χ4n) is 2.20. The lowest BCUT2D eigenvalue weighted by atomic mass is 10.2. The molecule has 0 unspecified atom stereocenters. The van der Waals surface area contributed by atoms with Crippen molar-refractivity contribution in [3.63, 3.8) is 0 Å². The van der Waals surface area contributed by atoms with E-state index in [1.807, 2.05) is 6.07 Å². The number of hydrogen-bond donors (Lipinski definition) is 0. The van der Waals surface area contributed by atoms with E-state index in [1.54, 1.807) is 0 Å². The predicted octanol–water partition coefficient (Wildman–Crippen LogP) is 5.80. The highest BCUT2D eigenvalue weighted by molar-refractivity contribution is 6.74. The van der Waals surface area contributed by atoms with Gasteiger partial charge in [0.05, 0.1) is 19.8 Å². The van der Waals surface area contributed by atoms with Crippen LogP contribution in [0.4, 0.5) is 0 Å². The SMILES string of the molecule is CC(C)(C)[Si](C)(C)OCCOCCCCCCOCc1ccccc1. The second kappa shape index (κ2) is 11.8. The number of unbranched alkanes of at least 4 members (excludes halogenated alkanes) is 3. The summed E-state index contributed by atoms with van der Waals surface area (Å²) in [5.74, 6) is 0. The van der Waals surface area contributed by atoms with Crippen LogP contribution in [-0.4, -0.2) is 34.7 Å². The van der Waals surface area contributed by atoms with Gasteiger partial charge in [-0.15, -0.1) is 0 Å². The molecule has 0 amide bonds. The molecule has 0 aromatic heterocycles. The van der Waals surface area contributed by atoms with Crippen molar-refractivity contribution in [3.05, 3.63) is 35.9 Å². The van der Waals surface area contributed by atoms with Gasteiger partial charge in [0.15, 0.2) is 8.32 Å². The average molecular weight is 367 g/mol. The first kappa shape index (κ1) is 22.4. The van der Waals surface area contributed by atoms with E-state index < -0.39 is 8.32 Å². The molecule has 0 aliphatic heterocycles. The average Bonchev–Trinajstić information content (AvgIpc) is 2.55. The van der Waals surface area contributed by atoms with Crippen molar-refractivity contribution in [2.45, 2.75) is 71.2 Å². The van der Waals surface area contributed by atoms with Crippen LogP contribution in [0, 0.1) is 0 Å². The Labute approximate surface area is 156 Å². The Morgan fingerprint density at radius 2 is 1.36 bits per heavy atom. The summed E-state index contributed by atoms with van der Waals surface area (Å²) in [5.41, 5.74) is 1.25. The highest BCUT2D eigenvalue weighted by Crippen LogP contribution is 2.36. The minimum absolute atomic E-state index is 0.273. The van der Waals surface area contributed by atoms with Crippen molar-refractivity contribution in [1.29, 1.82) is 0 Å². The van der Waals surface area contributed by atoms with Crippen LogP contribution in [0.5, 0.6) is 0 Å². The number of benzene rings is 1. The molecule has 1 aromatic rings. The zero-order valence-corrected chi connectivity index (χ0v) is 18.0. The van der Waals surface area contributed by atoms with Crippen LogP contribution in [0.1, 0.15) is 52.0 Å². The third kappa shape index (κ3) is 10.1. The second-order valence-electron chi connectivity index (χ2n) is 8.17. The van der Waals surface area contributed by atoms with Crippen LogP contribution in [0.25, 0.3) is 0 Å². The lowest BCUT2D eigenvalue weighted by Gasteiger charge is -2.36. The number of rotatable bonds is 13. The van der Waals surface area contributed by atoms with Gasteiger partial charge in [-0.2, -0.15) is 0 Å². The molecular formula is C21H38O3Si. The summed E-state index contributed by atoms with van der Waals surface area (Å²) in [7, 11) is -1.62. The third-order valence-corrected chi connectivity index (χ3v) is 9.47. The van der Waals surface area contributed by atoms with Crippen molar-refractivity contribution in [3.8, 4) is 0 Å². The van der Waals surface area contributed by atoms with Gasteiger partial charge in [-0.05, 0) is 36.5 Å². The minimum Gasteiger partial charge on any atom is -0.414 e. The molecule has 1 rings (SSSR count). The molecule has 0 N–H and O–H groups in total. The quantitative estimate of drug-likeness (QED) is 0.326. The summed E-state index contributed by atoms with van der Waals surface area (Å²) < 4.78 is 17.5. The van der Waals surface area contributed by atoms with E-state index in [4.69, 9.17) is 13.9 Å². The fraction of sp³-hybridized carbons (Fsp3) is 0.714. The first-order valence-electron chi connectivity index (χ1n) is 9.66. The molecule has 25 heavy (non-hydrogen) atoms. The Hall–Kier alpha value is -0.683. The minimum atomic E-state index is -1.62. The zero-order chi connectivity index (χ0) is 18.6. The Morgan fingerprint density at radius 1 is 0.760 bits per heavy atom. The van der Waals surface area contributed by atoms with E-state index in [2.05, 4.69) is 58.1 Å². The third-order valence-electron chi connectivity index (χ3n) is 4.94. The lowest BCUT2D eigenvalue weighted by molar-refractivity contribution is 0.0907. The van der Waals surface area contributed by atoms with Crippen LogP contribution in [0.2, 0.25) is 18.1 Å². The topological polar surface area (TPSA) is 27.7 Å². The van der Waals surface area contributed by atoms with Crippen LogP contribution in [-0.2, 0) is 20.5 Å². The molecule has 0 fully saturated rings. The fourth-order valence-corrected chi connectivity index (χ4v) is 3.23. The molecule has 1 aromatic carbocycles. The molecular weight excluding hydrogens is 328 g/mol. The molecule has 0 saturated heterocycles. The maximum atomic E-state index is 6.10. The van der Waals surface area contributed by atoms with Crippen molar-refractivity contribution >= 4 is 8.32 Å².